The fourth-order valence-corrected chi connectivity index (χ4v) is 3.58. The van der Waals surface area contributed by atoms with Crippen LogP contribution < -0.4 is 5.32 Å². The highest BCUT2D eigenvalue weighted by Gasteiger charge is 2.34. The molecule has 0 heterocycles. The molecule has 2 aliphatic carbocycles. The Labute approximate surface area is 117 Å². The molecule has 0 aromatic heterocycles. The lowest BCUT2D eigenvalue weighted by molar-refractivity contribution is 0.303. The van der Waals surface area contributed by atoms with Gasteiger partial charge in [0.15, 0.2) is 0 Å². The van der Waals surface area contributed by atoms with Crippen LogP contribution >= 0.6 is 0 Å². The van der Waals surface area contributed by atoms with Gasteiger partial charge in [0.1, 0.15) is 0 Å². The van der Waals surface area contributed by atoms with E-state index in [1.807, 2.05) is 0 Å². The molecular formula is C18H27N. The van der Waals surface area contributed by atoms with Gasteiger partial charge in [0.2, 0.25) is 0 Å². The first kappa shape index (κ1) is 13.0. The standard InChI is InChI=1S/C18H27N/c1-13(2)15-5-3-7-17(11-15)19-18-8-4-6-16(12-18)14-9-10-14/h3,5,7,11,13-14,16,18-19H,4,6,8-10,12H2,1-2H3. The van der Waals surface area contributed by atoms with Crippen molar-refractivity contribution in [1.82, 2.24) is 0 Å². The zero-order chi connectivity index (χ0) is 13.2. The molecule has 0 saturated heterocycles. The van der Waals surface area contributed by atoms with E-state index in [-0.39, 0.29) is 0 Å². The Morgan fingerprint density at radius 2 is 1.89 bits per heavy atom. The quantitative estimate of drug-likeness (QED) is 0.782. The van der Waals surface area contributed by atoms with Crippen molar-refractivity contribution in [3.05, 3.63) is 29.8 Å². The van der Waals surface area contributed by atoms with Gasteiger partial charge >= 0.3 is 0 Å². The lowest BCUT2D eigenvalue weighted by Crippen LogP contribution is -2.28. The van der Waals surface area contributed by atoms with Crippen LogP contribution in [0.4, 0.5) is 5.69 Å². The average Bonchev–Trinajstić information content (AvgIpc) is 3.23. The summed E-state index contributed by atoms with van der Waals surface area (Å²) in [5.41, 5.74) is 2.77. The zero-order valence-electron chi connectivity index (χ0n) is 12.4. The van der Waals surface area contributed by atoms with Crippen LogP contribution in [-0.2, 0) is 0 Å². The van der Waals surface area contributed by atoms with Gasteiger partial charge in [-0.3, -0.25) is 0 Å². The van der Waals surface area contributed by atoms with Gasteiger partial charge in [0.05, 0.1) is 0 Å². The largest absolute Gasteiger partial charge is 0.382 e. The summed E-state index contributed by atoms with van der Waals surface area (Å²) in [6, 6.07) is 9.71. The molecule has 19 heavy (non-hydrogen) atoms. The van der Waals surface area contributed by atoms with Gasteiger partial charge in [-0.05, 0) is 61.1 Å². The first-order valence-corrected chi connectivity index (χ1v) is 8.09. The number of benzene rings is 1. The van der Waals surface area contributed by atoms with Crippen molar-refractivity contribution < 1.29 is 0 Å². The molecule has 1 N–H and O–H groups in total. The molecule has 0 radical (unpaired) electrons. The Bertz CT molecular complexity index is 419. The fourth-order valence-electron chi connectivity index (χ4n) is 3.58. The maximum atomic E-state index is 3.79. The van der Waals surface area contributed by atoms with Crippen LogP contribution in [0.15, 0.2) is 24.3 Å². The van der Waals surface area contributed by atoms with Gasteiger partial charge in [0.25, 0.3) is 0 Å². The zero-order valence-corrected chi connectivity index (χ0v) is 12.4. The predicted octanol–water partition coefficient (Wildman–Crippen LogP) is 5.19. The second kappa shape index (κ2) is 5.56. The Morgan fingerprint density at radius 3 is 2.63 bits per heavy atom. The molecule has 1 aromatic rings. The van der Waals surface area contributed by atoms with Crippen LogP contribution in [0, 0.1) is 11.8 Å². The second-order valence-electron chi connectivity index (χ2n) is 6.89. The summed E-state index contributed by atoms with van der Waals surface area (Å²) in [5, 5.41) is 3.79. The van der Waals surface area contributed by atoms with Crippen molar-refractivity contribution in [2.75, 3.05) is 5.32 Å². The van der Waals surface area contributed by atoms with E-state index in [2.05, 4.69) is 43.4 Å². The van der Waals surface area contributed by atoms with Crippen molar-refractivity contribution in [2.45, 2.75) is 64.3 Å². The molecular weight excluding hydrogens is 230 g/mol. The Kier molecular flexibility index (Phi) is 3.81. The van der Waals surface area contributed by atoms with Crippen molar-refractivity contribution in [3.63, 3.8) is 0 Å². The van der Waals surface area contributed by atoms with E-state index < -0.39 is 0 Å². The summed E-state index contributed by atoms with van der Waals surface area (Å²) in [7, 11) is 0. The number of hydrogen-bond acceptors (Lipinski definition) is 1. The third-order valence-electron chi connectivity index (χ3n) is 4.93. The maximum Gasteiger partial charge on any atom is 0.0345 e. The topological polar surface area (TPSA) is 12.0 Å². The minimum Gasteiger partial charge on any atom is -0.382 e. The van der Waals surface area contributed by atoms with Crippen LogP contribution in [0.1, 0.15) is 63.9 Å². The van der Waals surface area contributed by atoms with Gasteiger partial charge < -0.3 is 5.32 Å². The number of nitrogens with one attached hydrogen (secondary N) is 1. The van der Waals surface area contributed by atoms with Crippen LogP contribution in [0.3, 0.4) is 0 Å². The first-order chi connectivity index (χ1) is 9.22. The van der Waals surface area contributed by atoms with Gasteiger partial charge in [-0.1, -0.05) is 38.8 Å². The SMILES string of the molecule is CC(C)c1cccc(NC2CCCC(C3CC3)C2)c1. The Morgan fingerprint density at radius 1 is 1.05 bits per heavy atom. The van der Waals surface area contributed by atoms with E-state index in [0.717, 1.165) is 11.8 Å². The smallest absolute Gasteiger partial charge is 0.0345 e. The summed E-state index contributed by atoms with van der Waals surface area (Å²) in [5.74, 6) is 2.71. The number of hydrogen-bond donors (Lipinski definition) is 1. The minimum absolute atomic E-state index is 0.618. The van der Waals surface area contributed by atoms with Gasteiger partial charge in [-0.15, -0.1) is 0 Å². The normalized spacial score (nSPS) is 27.5. The van der Waals surface area contributed by atoms with Crippen LogP contribution in [0.5, 0.6) is 0 Å². The number of anilines is 1. The molecule has 1 aromatic carbocycles. The molecule has 0 amide bonds. The van der Waals surface area contributed by atoms with Gasteiger partial charge in [0, 0.05) is 11.7 Å². The molecule has 2 fully saturated rings. The molecule has 2 saturated carbocycles. The Balaban J connectivity index is 1.62. The average molecular weight is 257 g/mol. The minimum atomic E-state index is 0.618. The van der Waals surface area contributed by atoms with E-state index >= 15 is 0 Å². The molecule has 1 heteroatoms. The summed E-state index contributed by atoms with van der Waals surface area (Å²) in [6.45, 7) is 4.53. The summed E-state index contributed by atoms with van der Waals surface area (Å²) < 4.78 is 0. The third-order valence-corrected chi connectivity index (χ3v) is 4.93. The summed E-state index contributed by atoms with van der Waals surface area (Å²) in [6.07, 6.45) is 8.66. The molecule has 104 valence electrons. The molecule has 1 nitrogen and oxygen atoms in total. The fraction of sp³-hybridized carbons (Fsp3) is 0.667. The van der Waals surface area contributed by atoms with Gasteiger partial charge in [-0.2, -0.15) is 0 Å². The summed E-state index contributed by atoms with van der Waals surface area (Å²) in [4.78, 5) is 0. The van der Waals surface area contributed by atoms with Crippen molar-refractivity contribution >= 4 is 5.69 Å². The molecule has 2 aliphatic rings. The predicted molar refractivity (Wildman–Crippen MR) is 82.6 cm³/mol. The van der Waals surface area contributed by atoms with E-state index in [4.69, 9.17) is 0 Å². The monoisotopic (exact) mass is 257 g/mol. The van der Waals surface area contributed by atoms with Crippen LogP contribution in [0.25, 0.3) is 0 Å². The van der Waals surface area contributed by atoms with E-state index in [9.17, 15) is 0 Å². The van der Waals surface area contributed by atoms with Crippen molar-refractivity contribution in [1.29, 1.82) is 0 Å². The van der Waals surface area contributed by atoms with Crippen LogP contribution in [0.2, 0.25) is 0 Å². The van der Waals surface area contributed by atoms with Crippen molar-refractivity contribution in [2.24, 2.45) is 11.8 Å². The lowest BCUT2D eigenvalue weighted by atomic mass is 9.82. The highest BCUT2D eigenvalue weighted by molar-refractivity contribution is 5.47. The maximum absolute atomic E-state index is 3.79. The van der Waals surface area contributed by atoms with Crippen LogP contribution in [-0.4, -0.2) is 6.04 Å². The lowest BCUT2D eigenvalue weighted by Gasteiger charge is -2.30. The molecule has 3 rings (SSSR count). The molecule has 2 atom stereocenters. The molecule has 0 bridgehead atoms. The molecule has 0 spiro atoms. The second-order valence-corrected chi connectivity index (χ2v) is 6.89. The first-order valence-electron chi connectivity index (χ1n) is 8.09. The van der Waals surface area contributed by atoms with Gasteiger partial charge in [-0.25, -0.2) is 0 Å². The summed E-state index contributed by atoms with van der Waals surface area (Å²) >= 11 is 0. The van der Waals surface area contributed by atoms with E-state index in [0.29, 0.717) is 12.0 Å². The highest BCUT2D eigenvalue weighted by atomic mass is 14.9. The molecule has 2 unspecified atom stereocenters. The number of rotatable bonds is 4. The third kappa shape index (κ3) is 3.32. The highest BCUT2D eigenvalue weighted by Crippen LogP contribution is 2.44. The Hall–Kier alpha value is -0.980. The van der Waals surface area contributed by atoms with E-state index in [1.54, 1.807) is 0 Å². The van der Waals surface area contributed by atoms with Crippen molar-refractivity contribution in [3.8, 4) is 0 Å². The van der Waals surface area contributed by atoms with E-state index in [1.165, 1.54) is 49.8 Å². The molecule has 0 aliphatic heterocycles.